The van der Waals surface area contributed by atoms with Crippen LogP contribution in [0.4, 0.5) is 0 Å². The lowest BCUT2D eigenvalue weighted by Crippen LogP contribution is -2.25. The van der Waals surface area contributed by atoms with Gasteiger partial charge >= 0.3 is 0 Å². The lowest BCUT2D eigenvalue weighted by atomic mass is 10.2. The number of amides is 1. The Morgan fingerprint density at radius 2 is 1.11 bits per heavy atom. The van der Waals surface area contributed by atoms with Gasteiger partial charge in [0.05, 0.1) is 6.61 Å². The number of hydrogen-bond donors (Lipinski definition) is 2. The highest BCUT2D eigenvalue weighted by molar-refractivity contribution is 5.75. The first kappa shape index (κ1) is 24.9. The summed E-state index contributed by atoms with van der Waals surface area (Å²) < 4.78 is 0. The topological polar surface area (TPSA) is 49.3 Å². The van der Waals surface area contributed by atoms with E-state index in [2.05, 4.69) is 79.1 Å². The maximum atomic E-state index is 11.3. The van der Waals surface area contributed by atoms with E-state index in [1.54, 1.807) is 0 Å². The molecule has 0 aliphatic rings. The standard InChI is InChI=1S/C24H37NO2/c1-2-3-4-5-6-7-8-9-10-11-12-13-14-15-16-17-18-19-20-21-24(27)25-22-23-26/h3-4,6-7,9-10,12-13,15-16,18-19,26H,2,5,8,11,14,17,20-23H2,1H3,(H,25,27)/b4-3+,7-6+,10-9+,13-12+,16-15+,19-18+. The van der Waals surface area contributed by atoms with Gasteiger partial charge in [-0.2, -0.15) is 0 Å². The minimum Gasteiger partial charge on any atom is -0.395 e. The average Bonchev–Trinajstić information content (AvgIpc) is 2.68. The third kappa shape index (κ3) is 21.8. The van der Waals surface area contributed by atoms with Gasteiger partial charge in [0.25, 0.3) is 0 Å². The van der Waals surface area contributed by atoms with Gasteiger partial charge in [0.1, 0.15) is 0 Å². The quantitative estimate of drug-likeness (QED) is 0.348. The zero-order chi connectivity index (χ0) is 19.8. The number of aliphatic hydroxyl groups excluding tert-OH is 1. The molecule has 0 heterocycles. The van der Waals surface area contributed by atoms with E-state index in [0.717, 1.165) is 44.9 Å². The second-order valence-electron chi connectivity index (χ2n) is 6.03. The van der Waals surface area contributed by atoms with E-state index >= 15 is 0 Å². The molecule has 0 atom stereocenters. The van der Waals surface area contributed by atoms with E-state index in [1.165, 1.54) is 0 Å². The van der Waals surface area contributed by atoms with Crippen molar-refractivity contribution in [3.05, 3.63) is 72.9 Å². The summed E-state index contributed by atoms with van der Waals surface area (Å²) in [7, 11) is 0. The van der Waals surface area contributed by atoms with Crippen LogP contribution in [-0.4, -0.2) is 24.2 Å². The first-order valence-corrected chi connectivity index (χ1v) is 10.1. The lowest BCUT2D eigenvalue weighted by molar-refractivity contribution is -0.121. The number of allylic oxidation sites excluding steroid dienone is 12. The number of aliphatic hydroxyl groups is 1. The van der Waals surface area contributed by atoms with E-state index in [4.69, 9.17) is 5.11 Å². The van der Waals surface area contributed by atoms with Gasteiger partial charge in [-0.1, -0.05) is 79.8 Å². The van der Waals surface area contributed by atoms with E-state index < -0.39 is 0 Å². The molecule has 0 aromatic carbocycles. The molecule has 0 rings (SSSR count). The predicted molar refractivity (Wildman–Crippen MR) is 118 cm³/mol. The Kier molecular flexibility index (Phi) is 20.2. The molecular weight excluding hydrogens is 334 g/mol. The zero-order valence-electron chi connectivity index (χ0n) is 16.9. The second kappa shape index (κ2) is 21.9. The van der Waals surface area contributed by atoms with Crippen LogP contribution in [0.5, 0.6) is 0 Å². The zero-order valence-corrected chi connectivity index (χ0v) is 16.9. The minimum atomic E-state index is -0.0106. The molecule has 0 unspecified atom stereocenters. The molecule has 0 aromatic rings. The monoisotopic (exact) mass is 371 g/mol. The fourth-order valence-electron chi connectivity index (χ4n) is 2.14. The molecule has 2 N–H and O–H groups in total. The fraction of sp³-hybridized carbons (Fsp3) is 0.458. The molecule has 0 fully saturated rings. The van der Waals surface area contributed by atoms with Gasteiger partial charge in [-0.3, -0.25) is 4.79 Å². The first-order valence-electron chi connectivity index (χ1n) is 10.1. The Labute approximate surface area is 166 Å². The molecule has 150 valence electrons. The highest BCUT2D eigenvalue weighted by Crippen LogP contribution is 1.97. The SMILES string of the molecule is CC/C=C/C/C=C/C/C=C/C/C=C/C/C=C/C/C=C/CCC(=O)NCCO. The molecule has 1 amide bonds. The molecular formula is C24H37NO2. The Morgan fingerprint density at radius 3 is 1.52 bits per heavy atom. The third-order valence-corrected chi connectivity index (χ3v) is 3.57. The summed E-state index contributed by atoms with van der Waals surface area (Å²) in [6, 6.07) is 0. The molecule has 3 heteroatoms. The molecule has 0 bridgehead atoms. The lowest BCUT2D eigenvalue weighted by Gasteiger charge is -1.99. The Hall–Kier alpha value is -2.13. The van der Waals surface area contributed by atoms with E-state index in [0.29, 0.717) is 13.0 Å². The minimum absolute atomic E-state index is 0.00828. The van der Waals surface area contributed by atoms with Gasteiger partial charge in [0.15, 0.2) is 0 Å². The largest absolute Gasteiger partial charge is 0.395 e. The van der Waals surface area contributed by atoms with Gasteiger partial charge in [-0.15, -0.1) is 0 Å². The van der Waals surface area contributed by atoms with Crippen LogP contribution in [0, 0.1) is 0 Å². The predicted octanol–water partition coefficient (Wildman–Crippen LogP) is 5.57. The molecule has 0 saturated heterocycles. The van der Waals surface area contributed by atoms with Crippen LogP contribution in [0.25, 0.3) is 0 Å². The number of carbonyl (C=O) groups is 1. The average molecular weight is 372 g/mol. The van der Waals surface area contributed by atoms with E-state index in [9.17, 15) is 4.79 Å². The highest BCUT2D eigenvalue weighted by Gasteiger charge is 1.96. The van der Waals surface area contributed by atoms with Gasteiger partial charge in [-0.05, 0) is 44.9 Å². The summed E-state index contributed by atoms with van der Waals surface area (Å²) in [5, 5.41) is 11.2. The summed E-state index contributed by atoms with van der Waals surface area (Å²) in [6.07, 6.45) is 33.2. The Morgan fingerprint density at radius 1 is 0.704 bits per heavy atom. The molecule has 0 spiro atoms. The van der Waals surface area contributed by atoms with E-state index in [1.807, 2.05) is 6.08 Å². The summed E-state index contributed by atoms with van der Waals surface area (Å²) in [5.74, 6) is -0.0106. The van der Waals surface area contributed by atoms with Crippen molar-refractivity contribution in [3.63, 3.8) is 0 Å². The van der Waals surface area contributed by atoms with Gasteiger partial charge in [-0.25, -0.2) is 0 Å². The molecule has 3 nitrogen and oxygen atoms in total. The molecule has 0 saturated carbocycles. The summed E-state index contributed by atoms with van der Waals surface area (Å²) in [6.45, 7) is 2.48. The van der Waals surface area contributed by atoms with Crippen molar-refractivity contribution in [2.75, 3.05) is 13.2 Å². The van der Waals surface area contributed by atoms with Gasteiger partial charge in [0.2, 0.25) is 5.91 Å². The van der Waals surface area contributed by atoms with Crippen LogP contribution in [0.2, 0.25) is 0 Å². The van der Waals surface area contributed by atoms with Gasteiger partial charge < -0.3 is 10.4 Å². The van der Waals surface area contributed by atoms with Crippen molar-refractivity contribution < 1.29 is 9.90 Å². The van der Waals surface area contributed by atoms with Crippen LogP contribution in [0.15, 0.2) is 72.9 Å². The Bertz CT molecular complexity index is 510. The van der Waals surface area contributed by atoms with Crippen molar-refractivity contribution in [2.24, 2.45) is 0 Å². The van der Waals surface area contributed by atoms with Crippen molar-refractivity contribution in [2.45, 2.75) is 58.3 Å². The van der Waals surface area contributed by atoms with Crippen molar-refractivity contribution >= 4 is 5.91 Å². The second-order valence-corrected chi connectivity index (χ2v) is 6.03. The normalized spacial score (nSPS) is 12.8. The van der Waals surface area contributed by atoms with Crippen LogP contribution in [0.3, 0.4) is 0 Å². The van der Waals surface area contributed by atoms with Crippen LogP contribution >= 0.6 is 0 Å². The smallest absolute Gasteiger partial charge is 0.220 e. The molecule has 0 aromatic heterocycles. The number of hydrogen-bond acceptors (Lipinski definition) is 2. The number of rotatable bonds is 16. The number of carbonyl (C=O) groups excluding carboxylic acids is 1. The maximum absolute atomic E-state index is 11.3. The summed E-state index contributed by atoms with van der Waals surface area (Å²) in [4.78, 5) is 11.3. The molecule has 0 radical (unpaired) electrons. The van der Waals surface area contributed by atoms with Crippen LogP contribution in [0.1, 0.15) is 58.3 Å². The summed E-state index contributed by atoms with van der Waals surface area (Å²) >= 11 is 0. The molecule has 27 heavy (non-hydrogen) atoms. The number of nitrogens with one attached hydrogen (secondary N) is 1. The van der Waals surface area contributed by atoms with Crippen LogP contribution < -0.4 is 5.32 Å². The third-order valence-electron chi connectivity index (χ3n) is 3.57. The summed E-state index contributed by atoms with van der Waals surface area (Å²) in [5.41, 5.74) is 0. The van der Waals surface area contributed by atoms with E-state index in [-0.39, 0.29) is 12.5 Å². The highest BCUT2D eigenvalue weighted by atomic mass is 16.3. The fourth-order valence-corrected chi connectivity index (χ4v) is 2.14. The Balaban J connectivity index is 3.54. The van der Waals surface area contributed by atoms with Crippen molar-refractivity contribution in [1.82, 2.24) is 5.32 Å². The van der Waals surface area contributed by atoms with Crippen molar-refractivity contribution in [1.29, 1.82) is 0 Å². The molecule has 0 aliphatic carbocycles. The van der Waals surface area contributed by atoms with Gasteiger partial charge in [0, 0.05) is 13.0 Å². The van der Waals surface area contributed by atoms with Crippen molar-refractivity contribution in [3.8, 4) is 0 Å². The first-order chi connectivity index (χ1) is 13.3. The molecule has 0 aliphatic heterocycles. The van der Waals surface area contributed by atoms with Crippen LogP contribution in [-0.2, 0) is 4.79 Å². The maximum Gasteiger partial charge on any atom is 0.220 e.